The summed E-state index contributed by atoms with van der Waals surface area (Å²) in [5.74, 6) is 0.895. The van der Waals surface area contributed by atoms with E-state index in [1.807, 2.05) is 20.0 Å². The lowest BCUT2D eigenvalue weighted by molar-refractivity contribution is 0.392. The molecule has 4 heteroatoms. The maximum atomic E-state index is 5.15. The van der Waals surface area contributed by atoms with Gasteiger partial charge in [0.25, 0.3) is 0 Å². The summed E-state index contributed by atoms with van der Waals surface area (Å²) in [5.41, 5.74) is 4.57. The smallest absolute Gasteiger partial charge is 0.138 e. The molecule has 0 atom stereocenters. The van der Waals surface area contributed by atoms with Crippen LogP contribution >= 0.6 is 0 Å². The Morgan fingerprint density at radius 2 is 2.11 bits per heavy atom. The Bertz CT molecular complexity index is 677. The van der Waals surface area contributed by atoms with E-state index >= 15 is 0 Å². The predicted octanol–water partition coefficient (Wildman–Crippen LogP) is 3.06. The molecule has 2 aromatic heterocycles. The third kappa shape index (κ3) is 2.39. The zero-order valence-electron chi connectivity index (χ0n) is 11.2. The zero-order chi connectivity index (χ0) is 13.2. The van der Waals surface area contributed by atoms with Crippen LogP contribution in [0.25, 0.3) is 10.9 Å². The summed E-state index contributed by atoms with van der Waals surface area (Å²) < 4.78 is 5.15. The normalized spacial score (nSPS) is 11.3. The number of aromatic nitrogens is 2. The average molecular weight is 255 g/mol. The molecule has 0 radical (unpaired) electrons. The van der Waals surface area contributed by atoms with E-state index in [0.717, 1.165) is 30.1 Å². The van der Waals surface area contributed by atoms with Crippen molar-refractivity contribution >= 4 is 10.9 Å². The number of hydrogen-bond acceptors (Lipinski definition) is 3. The van der Waals surface area contributed by atoms with E-state index in [-0.39, 0.29) is 0 Å². The Hall–Kier alpha value is -2.07. The number of nitrogens with one attached hydrogen (secondary N) is 2. The molecule has 0 aliphatic heterocycles. The Morgan fingerprint density at radius 1 is 1.21 bits per heavy atom. The lowest BCUT2D eigenvalue weighted by atomic mass is 10.1. The van der Waals surface area contributed by atoms with Crippen LogP contribution in [0.5, 0.6) is 0 Å². The van der Waals surface area contributed by atoms with Crippen molar-refractivity contribution in [3.63, 3.8) is 0 Å². The summed E-state index contributed by atoms with van der Waals surface area (Å²) in [5, 5.41) is 8.64. The van der Waals surface area contributed by atoms with Gasteiger partial charge in [0.2, 0.25) is 0 Å². The van der Waals surface area contributed by atoms with Crippen molar-refractivity contribution in [1.29, 1.82) is 0 Å². The molecule has 0 saturated carbocycles. The molecule has 0 bridgehead atoms. The largest absolute Gasteiger partial charge is 0.361 e. The fourth-order valence-electron chi connectivity index (χ4n) is 2.30. The first-order valence-corrected chi connectivity index (χ1v) is 6.42. The Morgan fingerprint density at radius 3 is 2.89 bits per heavy atom. The van der Waals surface area contributed by atoms with Gasteiger partial charge in [0.15, 0.2) is 0 Å². The molecule has 0 aliphatic carbocycles. The van der Waals surface area contributed by atoms with Gasteiger partial charge in [-0.3, -0.25) is 0 Å². The number of nitrogens with zero attached hydrogens (tertiary/aromatic N) is 1. The number of aryl methyl sites for hydroxylation is 2. The Kier molecular flexibility index (Phi) is 3.09. The van der Waals surface area contributed by atoms with Gasteiger partial charge in [-0.1, -0.05) is 11.2 Å². The van der Waals surface area contributed by atoms with E-state index < -0.39 is 0 Å². The molecular formula is C15H17N3O. The Balaban J connectivity index is 1.66. The van der Waals surface area contributed by atoms with Crippen molar-refractivity contribution in [3.05, 3.63) is 53.0 Å². The summed E-state index contributed by atoms with van der Waals surface area (Å²) >= 11 is 0. The first-order chi connectivity index (χ1) is 9.24. The van der Waals surface area contributed by atoms with Gasteiger partial charge in [0.1, 0.15) is 5.76 Å². The van der Waals surface area contributed by atoms with E-state index in [4.69, 9.17) is 4.52 Å². The summed E-state index contributed by atoms with van der Waals surface area (Å²) in [4.78, 5) is 3.20. The third-order valence-corrected chi connectivity index (χ3v) is 3.43. The second-order valence-corrected chi connectivity index (χ2v) is 4.81. The van der Waals surface area contributed by atoms with Crippen LogP contribution in [0.4, 0.5) is 0 Å². The van der Waals surface area contributed by atoms with E-state index in [2.05, 4.69) is 39.7 Å². The SMILES string of the molecule is Cc1noc(C)c1CNCc1ccc2[nH]ccc2c1. The minimum Gasteiger partial charge on any atom is -0.361 e. The minimum atomic E-state index is 0.784. The molecule has 98 valence electrons. The molecule has 0 spiro atoms. The summed E-state index contributed by atoms with van der Waals surface area (Å²) in [7, 11) is 0. The van der Waals surface area contributed by atoms with Gasteiger partial charge >= 0.3 is 0 Å². The fraction of sp³-hybridized carbons (Fsp3) is 0.267. The van der Waals surface area contributed by atoms with Crippen molar-refractivity contribution in [1.82, 2.24) is 15.5 Å². The molecule has 0 unspecified atom stereocenters. The van der Waals surface area contributed by atoms with Gasteiger partial charge in [-0.05, 0) is 43.0 Å². The van der Waals surface area contributed by atoms with Crippen LogP contribution in [0.2, 0.25) is 0 Å². The lowest BCUT2D eigenvalue weighted by Gasteiger charge is -2.05. The van der Waals surface area contributed by atoms with Crippen molar-refractivity contribution < 1.29 is 4.52 Å². The summed E-state index contributed by atoms with van der Waals surface area (Å²) in [6, 6.07) is 8.54. The van der Waals surface area contributed by atoms with E-state index in [1.165, 1.54) is 16.5 Å². The standard InChI is InChI=1S/C15H17N3O/c1-10-14(11(2)19-18-10)9-16-8-12-3-4-15-13(7-12)5-6-17-15/h3-7,16-17H,8-9H2,1-2H3. The minimum absolute atomic E-state index is 0.784. The van der Waals surface area contributed by atoms with Crippen LogP contribution in [-0.2, 0) is 13.1 Å². The second kappa shape index (κ2) is 4.90. The van der Waals surface area contributed by atoms with Crippen LogP contribution < -0.4 is 5.32 Å². The van der Waals surface area contributed by atoms with E-state index in [0.29, 0.717) is 0 Å². The van der Waals surface area contributed by atoms with Crippen LogP contribution in [0.1, 0.15) is 22.6 Å². The highest BCUT2D eigenvalue weighted by Gasteiger charge is 2.07. The highest BCUT2D eigenvalue weighted by molar-refractivity contribution is 5.79. The van der Waals surface area contributed by atoms with Crippen molar-refractivity contribution in [2.45, 2.75) is 26.9 Å². The molecule has 3 rings (SSSR count). The zero-order valence-corrected chi connectivity index (χ0v) is 11.2. The fourth-order valence-corrected chi connectivity index (χ4v) is 2.30. The quantitative estimate of drug-likeness (QED) is 0.753. The first kappa shape index (κ1) is 12.0. The van der Waals surface area contributed by atoms with Crippen molar-refractivity contribution in [3.8, 4) is 0 Å². The maximum absolute atomic E-state index is 5.15. The Labute approximate surface area is 111 Å². The van der Waals surface area contributed by atoms with Gasteiger partial charge in [0, 0.05) is 30.4 Å². The molecular weight excluding hydrogens is 238 g/mol. The molecule has 0 saturated heterocycles. The van der Waals surface area contributed by atoms with Gasteiger partial charge in [0.05, 0.1) is 5.69 Å². The molecule has 4 nitrogen and oxygen atoms in total. The molecule has 2 heterocycles. The number of fused-ring (bicyclic) bond motifs is 1. The van der Waals surface area contributed by atoms with Crippen LogP contribution in [0, 0.1) is 13.8 Å². The number of benzene rings is 1. The molecule has 3 aromatic rings. The molecule has 19 heavy (non-hydrogen) atoms. The number of H-pyrrole nitrogens is 1. The van der Waals surface area contributed by atoms with Crippen LogP contribution in [0.3, 0.4) is 0 Å². The van der Waals surface area contributed by atoms with Crippen LogP contribution in [-0.4, -0.2) is 10.1 Å². The highest BCUT2D eigenvalue weighted by atomic mass is 16.5. The average Bonchev–Trinajstić information content (AvgIpc) is 2.99. The number of rotatable bonds is 4. The van der Waals surface area contributed by atoms with Gasteiger partial charge < -0.3 is 14.8 Å². The molecule has 0 aliphatic rings. The monoisotopic (exact) mass is 255 g/mol. The van der Waals surface area contributed by atoms with E-state index in [9.17, 15) is 0 Å². The maximum Gasteiger partial charge on any atom is 0.138 e. The molecule has 0 amide bonds. The van der Waals surface area contributed by atoms with Gasteiger partial charge in [-0.15, -0.1) is 0 Å². The molecule has 2 N–H and O–H groups in total. The first-order valence-electron chi connectivity index (χ1n) is 6.42. The highest BCUT2D eigenvalue weighted by Crippen LogP contribution is 2.15. The van der Waals surface area contributed by atoms with Gasteiger partial charge in [-0.25, -0.2) is 0 Å². The number of hydrogen-bond donors (Lipinski definition) is 2. The third-order valence-electron chi connectivity index (χ3n) is 3.43. The second-order valence-electron chi connectivity index (χ2n) is 4.81. The predicted molar refractivity (Wildman–Crippen MR) is 74.8 cm³/mol. The lowest BCUT2D eigenvalue weighted by Crippen LogP contribution is -2.13. The topological polar surface area (TPSA) is 53.9 Å². The summed E-state index contributed by atoms with van der Waals surface area (Å²) in [6.45, 7) is 5.54. The van der Waals surface area contributed by atoms with E-state index in [1.54, 1.807) is 0 Å². The molecule has 0 fully saturated rings. The number of aromatic amines is 1. The van der Waals surface area contributed by atoms with Crippen LogP contribution in [0.15, 0.2) is 35.0 Å². The molecule has 1 aromatic carbocycles. The van der Waals surface area contributed by atoms with Gasteiger partial charge in [-0.2, -0.15) is 0 Å². The van der Waals surface area contributed by atoms with Crippen molar-refractivity contribution in [2.75, 3.05) is 0 Å². The van der Waals surface area contributed by atoms with Crippen molar-refractivity contribution in [2.24, 2.45) is 0 Å². The summed E-state index contributed by atoms with van der Waals surface area (Å²) in [6.07, 6.45) is 1.96.